The molecule has 2 N–H and O–H groups in total. The van der Waals surface area contributed by atoms with Crippen LogP contribution in [-0.4, -0.2) is 57.8 Å². The van der Waals surface area contributed by atoms with Crippen LogP contribution in [0.15, 0.2) is 0 Å². The number of rotatable bonds is 5. The van der Waals surface area contributed by atoms with Gasteiger partial charge in [-0.2, -0.15) is 5.26 Å². The quantitative estimate of drug-likeness (QED) is 0.712. The highest BCUT2D eigenvalue weighted by molar-refractivity contribution is 4.99. The fourth-order valence-corrected chi connectivity index (χ4v) is 6.82. The van der Waals surface area contributed by atoms with E-state index in [0.717, 1.165) is 58.3 Å². The molecule has 4 aliphatic rings. The third kappa shape index (κ3) is 5.35. The van der Waals surface area contributed by atoms with Crippen molar-refractivity contribution in [2.24, 2.45) is 29.6 Å². The number of ether oxygens (including phenoxy) is 2. The van der Waals surface area contributed by atoms with Gasteiger partial charge in [0.2, 0.25) is 0 Å². The van der Waals surface area contributed by atoms with Gasteiger partial charge in [0.25, 0.3) is 0 Å². The number of piperidine rings is 1. The Morgan fingerprint density at radius 3 is 2.63 bits per heavy atom. The van der Waals surface area contributed by atoms with Crippen molar-refractivity contribution in [2.45, 2.75) is 82.2 Å². The molecule has 0 amide bonds. The summed E-state index contributed by atoms with van der Waals surface area (Å²) < 4.78 is 26.2. The number of alkyl halides is 1. The van der Waals surface area contributed by atoms with Crippen LogP contribution in [-0.2, 0) is 9.47 Å². The van der Waals surface area contributed by atoms with Crippen molar-refractivity contribution in [3.8, 4) is 6.07 Å². The summed E-state index contributed by atoms with van der Waals surface area (Å²) in [4.78, 5) is 0. The second-order valence-corrected chi connectivity index (χ2v) is 10.2. The minimum atomic E-state index is -0.946. The highest BCUT2D eigenvalue weighted by Crippen LogP contribution is 2.48. The van der Waals surface area contributed by atoms with E-state index in [1.165, 1.54) is 19.3 Å². The number of hydrogen-bond donors (Lipinski definition) is 2. The van der Waals surface area contributed by atoms with Crippen LogP contribution < -0.4 is 10.6 Å². The smallest absolute Gasteiger partial charge is 0.116 e. The average Bonchev–Trinajstić information content (AvgIpc) is 2.80. The van der Waals surface area contributed by atoms with Crippen LogP contribution >= 0.6 is 0 Å². The van der Waals surface area contributed by atoms with E-state index in [1.807, 2.05) is 0 Å². The molecule has 5 nitrogen and oxygen atoms in total. The second-order valence-electron chi connectivity index (χ2n) is 10.2. The molecule has 4 fully saturated rings. The van der Waals surface area contributed by atoms with Gasteiger partial charge in [0, 0.05) is 32.8 Å². The van der Waals surface area contributed by atoms with E-state index >= 15 is 0 Å². The predicted molar refractivity (Wildman–Crippen MR) is 115 cm³/mol. The zero-order valence-electron chi connectivity index (χ0n) is 18.5. The van der Waals surface area contributed by atoms with Crippen molar-refractivity contribution >= 4 is 0 Å². The normalized spacial score (nSPS) is 45.6. The Balaban J connectivity index is 1.42. The van der Waals surface area contributed by atoms with Gasteiger partial charge in [-0.25, -0.2) is 4.39 Å². The summed E-state index contributed by atoms with van der Waals surface area (Å²) in [7, 11) is 1.80. The molecule has 2 aliphatic heterocycles. The summed E-state index contributed by atoms with van der Waals surface area (Å²) >= 11 is 0. The van der Waals surface area contributed by atoms with Gasteiger partial charge in [-0.1, -0.05) is 6.42 Å². The van der Waals surface area contributed by atoms with Gasteiger partial charge >= 0.3 is 0 Å². The zero-order valence-corrected chi connectivity index (χ0v) is 18.5. The summed E-state index contributed by atoms with van der Waals surface area (Å²) in [5.41, 5.74) is 0. The maximum Gasteiger partial charge on any atom is 0.116 e. The van der Waals surface area contributed by atoms with E-state index in [4.69, 9.17) is 9.47 Å². The summed E-state index contributed by atoms with van der Waals surface area (Å²) in [5.74, 6) is 1.90. The molecule has 2 heterocycles. The minimum absolute atomic E-state index is 0.327. The first kappa shape index (κ1) is 22.5. The second kappa shape index (κ2) is 10.7. The van der Waals surface area contributed by atoms with Gasteiger partial charge in [0.15, 0.2) is 0 Å². The zero-order chi connectivity index (χ0) is 20.9. The lowest BCUT2D eigenvalue weighted by Crippen LogP contribution is -2.51. The molecule has 0 aromatic rings. The highest BCUT2D eigenvalue weighted by atomic mass is 19.1. The van der Waals surface area contributed by atoms with Crippen LogP contribution in [0.5, 0.6) is 0 Å². The molecule has 4 rings (SSSR count). The molecule has 0 radical (unpaired) electrons. The molecule has 2 aliphatic carbocycles. The molecule has 0 spiro atoms. The number of nitrogens with zero attached hydrogens (tertiary/aromatic N) is 1. The average molecular weight is 422 g/mol. The van der Waals surface area contributed by atoms with Crippen molar-refractivity contribution in [1.29, 1.82) is 5.26 Å². The molecule has 6 heteroatoms. The molecular formula is C24H40FN3O2. The molecule has 0 aromatic heterocycles. The van der Waals surface area contributed by atoms with Crippen LogP contribution in [0.4, 0.5) is 4.39 Å². The lowest BCUT2D eigenvalue weighted by atomic mass is 9.61. The highest BCUT2D eigenvalue weighted by Gasteiger charge is 2.44. The van der Waals surface area contributed by atoms with E-state index < -0.39 is 12.1 Å². The Morgan fingerprint density at radius 1 is 1.07 bits per heavy atom. The Bertz CT molecular complexity index is 571. The lowest BCUT2D eigenvalue weighted by Gasteiger charge is -2.48. The molecule has 170 valence electrons. The van der Waals surface area contributed by atoms with E-state index in [-0.39, 0.29) is 0 Å². The minimum Gasteiger partial charge on any atom is -0.380 e. The Labute approximate surface area is 181 Å². The first-order chi connectivity index (χ1) is 14.7. The van der Waals surface area contributed by atoms with Crippen LogP contribution in [0.2, 0.25) is 0 Å². The van der Waals surface area contributed by atoms with Crippen LogP contribution in [0.3, 0.4) is 0 Å². The van der Waals surface area contributed by atoms with Gasteiger partial charge < -0.3 is 20.1 Å². The van der Waals surface area contributed by atoms with E-state index in [9.17, 15) is 9.65 Å². The standard InChI is InChI=1S/C24H40FN3O2/c1-29-19-5-7-24(28-15-19)21-6-2-16(10-20-14-27-8-9-30-20)11-22(21)17-3-4-18(13-26)23(25)12-17/h16-24,27-28H,2-12,14-15H2,1H3. The van der Waals surface area contributed by atoms with Crippen molar-refractivity contribution in [1.82, 2.24) is 10.6 Å². The lowest BCUT2D eigenvalue weighted by molar-refractivity contribution is -0.0153. The van der Waals surface area contributed by atoms with Crippen LogP contribution in [0.1, 0.15) is 57.8 Å². The van der Waals surface area contributed by atoms with E-state index in [1.54, 1.807) is 7.11 Å². The molecule has 2 saturated carbocycles. The SMILES string of the molecule is COC1CCC(C2CCC(CC3CNCCO3)CC2C2CCC(C#N)C(F)C2)NC1. The van der Waals surface area contributed by atoms with Crippen molar-refractivity contribution in [3.63, 3.8) is 0 Å². The maximum absolute atomic E-state index is 14.7. The van der Waals surface area contributed by atoms with Gasteiger partial charge in [-0.15, -0.1) is 0 Å². The largest absolute Gasteiger partial charge is 0.380 e. The van der Waals surface area contributed by atoms with E-state index in [2.05, 4.69) is 16.7 Å². The third-order valence-corrected chi connectivity index (χ3v) is 8.51. The maximum atomic E-state index is 14.7. The fraction of sp³-hybridized carbons (Fsp3) is 0.958. The Hall–Kier alpha value is -0.740. The summed E-state index contributed by atoms with van der Waals surface area (Å²) in [6.45, 7) is 3.68. The predicted octanol–water partition coefficient (Wildman–Crippen LogP) is 3.44. The summed E-state index contributed by atoms with van der Waals surface area (Å²) in [5, 5.41) is 16.5. The molecule has 9 unspecified atom stereocenters. The number of nitrogens with one attached hydrogen (secondary N) is 2. The molecule has 30 heavy (non-hydrogen) atoms. The number of halogens is 1. The van der Waals surface area contributed by atoms with Gasteiger partial charge in [0.1, 0.15) is 6.17 Å². The summed E-state index contributed by atoms with van der Waals surface area (Å²) in [6, 6.07) is 2.73. The van der Waals surface area contributed by atoms with Crippen LogP contribution in [0, 0.1) is 40.9 Å². The van der Waals surface area contributed by atoms with Gasteiger partial charge in [-0.05, 0) is 75.0 Å². The Kier molecular flexibility index (Phi) is 8.02. The number of morpholine rings is 1. The molecule has 9 atom stereocenters. The third-order valence-electron chi connectivity index (χ3n) is 8.51. The van der Waals surface area contributed by atoms with Gasteiger partial charge in [0.05, 0.1) is 30.8 Å². The van der Waals surface area contributed by atoms with Crippen LogP contribution in [0.25, 0.3) is 0 Å². The van der Waals surface area contributed by atoms with Crippen molar-refractivity contribution in [3.05, 3.63) is 0 Å². The van der Waals surface area contributed by atoms with Crippen molar-refractivity contribution < 1.29 is 13.9 Å². The van der Waals surface area contributed by atoms with E-state index in [0.29, 0.717) is 48.3 Å². The van der Waals surface area contributed by atoms with Gasteiger partial charge in [-0.3, -0.25) is 0 Å². The molecular weight excluding hydrogens is 381 g/mol. The molecule has 0 bridgehead atoms. The first-order valence-electron chi connectivity index (χ1n) is 12.3. The molecule has 0 aromatic carbocycles. The number of nitriles is 1. The topological polar surface area (TPSA) is 66.3 Å². The summed E-state index contributed by atoms with van der Waals surface area (Å²) in [6.07, 6.45) is 9.16. The van der Waals surface area contributed by atoms with Crippen molar-refractivity contribution in [2.75, 3.05) is 33.4 Å². The first-order valence-corrected chi connectivity index (χ1v) is 12.3. The molecule has 2 saturated heterocycles. The Morgan fingerprint density at radius 2 is 1.97 bits per heavy atom. The fourth-order valence-electron chi connectivity index (χ4n) is 6.82. The number of hydrogen-bond acceptors (Lipinski definition) is 5. The number of methoxy groups -OCH3 is 1. The monoisotopic (exact) mass is 421 g/mol.